The maximum atomic E-state index is 12.6. The zero-order chi connectivity index (χ0) is 19.6. The molecule has 0 unspecified atom stereocenters. The maximum Gasteiger partial charge on any atom is 0.270 e. The fourth-order valence-corrected chi connectivity index (χ4v) is 2.85. The van der Waals surface area contributed by atoms with E-state index in [0.29, 0.717) is 5.69 Å². The Morgan fingerprint density at radius 2 is 1.96 bits per heavy atom. The quantitative estimate of drug-likeness (QED) is 0.726. The molecule has 0 spiro atoms. The van der Waals surface area contributed by atoms with Crippen LogP contribution >= 0.6 is 0 Å². The number of amides is 1. The Kier molecular flexibility index (Phi) is 5.30. The van der Waals surface area contributed by atoms with E-state index in [-0.39, 0.29) is 17.9 Å². The SMILES string of the molecule is COc1ccccc1-n1cc([C@@H](C)NC(=O)c2cc(C(C)C)nn2C)cn1. The van der Waals surface area contributed by atoms with Gasteiger partial charge in [-0.05, 0) is 31.0 Å². The van der Waals surface area contributed by atoms with Gasteiger partial charge < -0.3 is 10.1 Å². The highest BCUT2D eigenvalue weighted by atomic mass is 16.5. The smallest absolute Gasteiger partial charge is 0.270 e. The van der Waals surface area contributed by atoms with Crippen LogP contribution in [0.3, 0.4) is 0 Å². The fourth-order valence-electron chi connectivity index (χ4n) is 2.85. The van der Waals surface area contributed by atoms with Gasteiger partial charge in [0.25, 0.3) is 5.91 Å². The van der Waals surface area contributed by atoms with Gasteiger partial charge >= 0.3 is 0 Å². The van der Waals surface area contributed by atoms with Crippen molar-refractivity contribution in [1.82, 2.24) is 24.9 Å². The summed E-state index contributed by atoms with van der Waals surface area (Å²) in [5, 5.41) is 11.8. The molecule has 1 amide bonds. The Labute approximate surface area is 159 Å². The first-order valence-electron chi connectivity index (χ1n) is 8.93. The van der Waals surface area contributed by atoms with E-state index in [9.17, 15) is 4.79 Å². The third-order valence-corrected chi connectivity index (χ3v) is 4.51. The Morgan fingerprint density at radius 1 is 1.22 bits per heavy atom. The van der Waals surface area contributed by atoms with Gasteiger partial charge in [0.2, 0.25) is 0 Å². The van der Waals surface area contributed by atoms with E-state index in [1.165, 1.54) is 0 Å². The van der Waals surface area contributed by atoms with Crippen molar-refractivity contribution in [1.29, 1.82) is 0 Å². The third-order valence-electron chi connectivity index (χ3n) is 4.51. The van der Waals surface area contributed by atoms with Crippen LogP contribution in [0.15, 0.2) is 42.7 Å². The number of hydrogen-bond acceptors (Lipinski definition) is 4. The Hall–Kier alpha value is -3.09. The summed E-state index contributed by atoms with van der Waals surface area (Å²) < 4.78 is 8.75. The van der Waals surface area contributed by atoms with Crippen LogP contribution in [-0.2, 0) is 7.05 Å². The van der Waals surface area contributed by atoms with E-state index in [1.54, 1.807) is 29.7 Å². The lowest BCUT2D eigenvalue weighted by Crippen LogP contribution is -2.28. The van der Waals surface area contributed by atoms with Crippen LogP contribution in [0.2, 0.25) is 0 Å². The van der Waals surface area contributed by atoms with Crippen LogP contribution in [0, 0.1) is 0 Å². The lowest BCUT2D eigenvalue weighted by Gasteiger charge is -2.12. The van der Waals surface area contributed by atoms with Gasteiger partial charge in [0.1, 0.15) is 17.1 Å². The van der Waals surface area contributed by atoms with Gasteiger partial charge in [0, 0.05) is 18.8 Å². The molecule has 1 aromatic carbocycles. The number of aryl methyl sites for hydroxylation is 1. The van der Waals surface area contributed by atoms with E-state index < -0.39 is 0 Å². The van der Waals surface area contributed by atoms with Crippen LogP contribution in [0.25, 0.3) is 5.69 Å². The molecule has 0 saturated heterocycles. The molecule has 7 heteroatoms. The second-order valence-corrected chi connectivity index (χ2v) is 6.82. The fraction of sp³-hybridized carbons (Fsp3) is 0.350. The van der Waals surface area contributed by atoms with Crippen molar-refractivity contribution in [2.24, 2.45) is 7.05 Å². The molecular weight excluding hydrogens is 342 g/mol. The number of aromatic nitrogens is 4. The molecule has 7 nitrogen and oxygen atoms in total. The van der Waals surface area contributed by atoms with Crippen LogP contribution in [-0.4, -0.2) is 32.6 Å². The number of carbonyl (C=O) groups is 1. The average Bonchev–Trinajstić information content (AvgIpc) is 3.28. The summed E-state index contributed by atoms with van der Waals surface area (Å²) in [6.45, 7) is 6.04. The topological polar surface area (TPSA) is 74.0 Å². The van der Waals surface area contributed by atoms with Gasteiger partial charge in [0.15, 0.2) is 0 Å². The van der Waals surface area contributed by atoms with Crippen molar-refractivity contribution in [2.45, 2.75) is 32.7 Å². The summed E-state index contributed by atoms with van der Waals surface area (Å²) in [6.07, 6.45) is 3.64. The first-order chi connectivity index (χ1) is 12.9. The van der Waals surface area contributed by atoms with E-state index >= 15 is 0 Å². The van der Waals surface area contributed by atoms with E-state index in [1.807, 2.05) is 43.5 Å². The minimum atomic E-state index is -0.196. The van der Waals surface area contributed by atoms with Crippen LogP contribution in [0.4, 0.5) is 0 Å². The van der Waals surface area contributed by atoms with Crippen LogP contribution in [0.5, 0.6) is 5.75 Å². The Balaban J connectivity index is 1.76. The molecular formula is C20H25N5O2. The second kappa shape index (κ2) is 7.65. The predicted molar refractivity (Wildman–Crippen MR) is 103 cm³/mol. The number of rotatable bonds is 6. The van der Waals surface area contributed by atoms with Crippen LogP contribution in [0.1, 0.15) is 54.5 Å². The summed E-state index contributed by atoms with van der Waals surface area (Å²) in [4.78, 5) is 12.6. The van der Waals surface area contributed by atoms with Crippen molar-refractivity contribution in [2.75, 3.05) is 7.11 Å². The van der Waals surface area contributed by atoms with Crippen molar-refractivity contribution in [3.05, 3.63) is 59.7 Å². The summed E-state index contributed by atoms with van der Waals surface area (Å²) in [5.74, 6) is 0.851. The Morgan fingerprint density at radius 3 is 2.63 bits per heavy atom. The van der Waals surface area contributed by atoms with Crippen molar-refractivity contribution >= 4 is 5.91 Å². The molecule has 3 rings (SSSR count). The minimum Gasteiger partial charge on any atom is -0.494 e. The highest BCUT2D eigenvalue weighted by Crippen LogP contribution is 2.23. The summed E-state index contributed by atoms with van der Waals surface area (Å²) in [6, 6.07) is 9.30. The van der Waals surface area contributed by atoms with Gasteiger partial charge in [-0.25, -0.2) is 4.68 Å². The number of para-hydroxylation sites is 2. The minimum absolute atomic E-state index is 0.158. The molecule has 1 N–H and O–H groups in total. The van der Waals surface area contributed by atoms with Gasteiger partial charge in [0.05, 0.1) is 25.0 Å². The normalized spacial score (nSPS) is 12.2. The number of ether oxygens (including phenoxy) is 1. The molecule has 142 valence electrons. The molecule has 0 aliphatic carbocycles. The molecule has 0 bridgehead atoms. The van der Waals surface area contributed by atoms with Gasteiger partial charge in [-0.1, -0.05) is 26.0 Å². The monoisotopic (exact) mass is 367 g/mol. The van der Waals surface area contributed by atoms with Crippen molar-refractivity contribution in [3.63, 3.8) is 0 Å². The first-order valence-corrected chi connectivity index (χ1v) is 8.93. The first kappa shape index (κ1) is 18.7. The highest BCUT2D eigenvalue weighted by Gasteiger charge is 2.18. The van der Waals surface area contributed by atoms with E-state index in [4.69, 9.17) is 4.74 Å². The van der Waals surface area contributed by atoms with Gasteiger partial charge in [-0.2, -0.15) is 10.2 Å². The summed E-state index contributed by atoms with van der Waals surface area (Å²) in [7, 11) is 3.41. The number of nitrogens with zero attached hydrogens (tertiary/aromatic N) is 4. The van der Waals surface area contributed by atoms with Crippen molar-refractivity contribution < 1.29 is 9.53 Å². The number of nitrogens with one attached hydrogen (secondary N) is 1. The largest absolute Gasteiger partial charge is 0.494 e. The predicted octanol–water partition coefficient (Wildman–Crippen LogP) is 3.23. The second-order valence-electron chi connectivity index (χ2n) is 6.82. The van der Waals surface area contributed by atoms with Crippen molar-refractivity contribution in [3.8, 4) is 11.4 Å². The van der Waals surface area contributed by atoms with Crippen LogP contribution < -0.4 is 10.1 Å². The molecule has 1 atom stereocenters. The maximum absolute atomic E-state index is 12.6. The summed E-state index contributed by atoms with van der Waals surface area (Å²) >= 11 is 0. The molecule has 27 heavy (non-hydrogen) atoms. The molecule has 2 aromatic heterocycles. The molecule has 0 aliphatic heterocycles. The number of methoxy groups -OCH3 is 1. The molecule has 0 aliphatic rings. The van der Waals surface area contributed by atoms with E-state index in [0.717, 1.165) is 22.7 Å². The molecule has 0 radical (unpaired) electrons. The zero-order valence-electron chi connectivity index (χ0n) is 16.3. The average molecular weight is 367 g/mol. The summed E-state index contributed by atoms with van der Waals surface area (Å²) in [5.41, 5.74) is 3.19. The lowest BCUT2D eigenvalue weighted by atomic mass is 10.1. The molecule has 0 saturated carbocycles. The highest BCUT2D eigenvalue weighted by molar-refractivity contribution is 5.92. The standard InChI is InChI=1S/C20H25N5O2/c1-13(2)16-10-18(24(4)23-16)20(26)22-14(3)15-11-21-25(12-15)17-8-6-7-9-19(17)27-5/h6-14H,1-5H3,(H,22,26)/t14-/m1/s1. The van der Waals surface area contributed by atoms with E-state index in [2.05, 4.69) is 29.4 Å². The molecule has 3 aromatic rings. The number of benzene rings is 1. The Bertz CT molecular complexity index is 942. The lowest BCUT2D eigenvalue weighted by molar-refractivity contribution is 0.0930. The van der Waals surface area contributed by atoms with Gasteiger partial charge in [-0.3, -0.25) is 9.48 Å². The third kappa shape index (κ3) is 3.86. The molecule has 0 fully saturated rings. The molecule has 2 heterocycles. The number of hydrogen-bond donors (Lipinski definition) is 1. The zero-order valence-corrected chi connectivity index (χ0v) is 16.3. The van der Waals surface area contributed by atoms with Gasteiger partial charge in [-0.15, -0.1) is 0 Å². The number of carbonyl (C=O) groups excluding carboxylic acids is 1.